The molecule has 0 saturated carbocycles. The summed E-state index contributed by atoms with van der Waals surface area (Å²) in [6.07, 6.45) is 2.26. The number of hydrogen-bond acceptors (Lipinski definition) is 2. The van der Waals surface area contributed by atoms with E-state index in [1.54, 1.807) is 0 Å². The van der Waals surface area contributed by atoms with Crippen LogP contribution in [0.15, 0.2) is 0 Å². The molecule has 0 aromatic rings. The molecule has 70 valence electrons. The fourth-order valence-corrected chi connectivity index (χ4v) is 2.17. The maximum Gasteiger partial charge on any atom is 0.129 e. The second-order valence-electron chi connectivity index (χ2n) is 4.18. The Balaban J connectivity index is 2.86. The molecule has 0 radical (unpaired) electrons. The van der Waals surface area contributed by atoms with E-state index in [1.807, 2.05) is 13.8 Å². The van der Waals surface area contributed by atoms with Gasteiger partial charge in [0.25, 0.3) is 0 Å². The summed E-state index contributed by atoms with van der Waals surface area (Å²) in [7, 11) is 0. The second kappa shape index (κ2) is 3.17. The Morgan fingerprint density at radius 1 is 1.50 bits per heavy atom. The minimum absolute atomic E-state index is 0.0741. The van der Waals surface area contributed by atoms with Crippen molar-refractivity contribution >= 4 is 6.29 Å². The molecular formula is C10H18O2. The summed E-state index contributed by atoms with van der Waals surface area (Å²) >= 11 is 0. The molecule has 12 heavy (non-hydrogen) atoms. The zero-order chi connectivity index (χ0) is 9.35. The number of ether oxygens (including phenoxy) is 1. The van der Waals surface area contributed by atoms with Gasteiger partial charge >= 0.3 is 0 Å². The first-order valence-electron chi connectivity index (χ1n) is 4.64. The molecule has 0 aromatic heterocycles. The predicted molar refractivity (Wildman–Crippen MR) is 48.0 cm³/mol. The molecule has 2 nitrogen and oxygen atoms in total. The van der Waals surface area contributed by atoms with E-state index in [0.29, 0.717) is 5.92 Å². The molecule has 1 aliphatic heterocycles. The van der Waals surface area contributed by atoms with Crippen LogP contribution in [0, 0.1) is 11.3 Å². The first kappa shape index (κ1) is 9.72. The van der Waals surface area contributed by atoms with Crippen LogP contribution in [0.4, 0.5) is 0 Å². The van der Waals surface area contributed by atoms with Crippen molar-refractivity contribution in [3.8, 4) is 0 Å². The van der Waals surface area contributed by atoms with Gasteiger partial charge in [0.15, 0.2) is 0 Å². The quantitative estimate of drug-likeness (QED) is 0.593. The fourth-order valence-electron chi connectivity index (χ4n) is 2.17. The van der Waals surface area contributed by atoms with Crippen LogP contribution in [-0.4, -0.2) is 18.5 Å². The predicted octanol–water partition coefficient (Wildman–Crippen LogP) is 2.02. The van der Waals surface area contributed by atoms with Gasteiger partial charge in [0.05, 0.1) is 17.6 Å². The summed E-state index contributed by atoms with van der Waals surface area (Å²) in [6, 6.07) is 0. The van der Waals surface area contributed by atoms with E-state index < -0.39 is 0 Å². The Bertz CT molecular complexity index is 177. The molecule has 1 heterocycles. The molecule has 2 heteroatoms. The van der Waals surface area contributed by atoms with Gasteiger partial charge in [-0.3, -0.25) is 0 Å². The van der Waals surface area contributed by atoms with Crippen molar-refractivity contribution in [2.75, 3.05) is 0 Å². The van der Waals surface area contributed by atoms with Crippen LogP contribution in [-0.2, 0) is 9.53 Å². The van der Waals surface area contributed by atoms with E-state index in [4.69, 9.17) is 4.74 Å². The number of carbonyl (C=O) groups excluding carboxylic acids is 1. The van der Waals surface area contributed by atoms with E-state index in [1.165, 1.54) is 0 Å². The van der Waals surface area contributed by atoms with E-state index in [0.717, 1.165) is 12.7 Å². The number of aldehydes is 1. The van der Waals surface area contributed by atoms with Gasteiger partial charge in [-0.05, 0) is 26.2 Å². The zero-order valence-electron chi connectivity index (χ0n) is 8.33. The van der Waals surface area contributed by atoms with Crippen molar-refractivity contribution in [3.05, 3.63) is 0 Å². The third-order valence-corrected chi connectivity index (χ3v) is 3.13. The first-order valence-corrected chi connectivity index (χ1v) is 4.64. The molecule has 1 saturated heterocycles. The number of hydrogen-bond donors (Lipinski definition) is 0. The monoisotopic (exact) mass is 170 g/mol. The second-order valence-corrected chi connectivity index (χ2v) is 4.18. The summed E-state index contributed by atoms with van der Waals surface area (Å²) in [6.45, 7) is 8.21. The average molecular weight is 170 g/mol. The van der Waals surface area contributed by atoms with Crippen molar-refractivity contribution in [2.45, 2.75) is 46.3 Å². The van der Waals surface area contributed by atoms with Crippen molar-refractivity contribution in [1.82, 2.24) is 0 Å². The molecule has 1 rings (SSSR count). The van der Waals surface area contributed by atoms with E-state index in [-0.39, 0.29) is 17.6 Å². The van der Waals surface area contributed by atoms with Gasteiger partial charge in [-0.25, -0.2) is 0 Å². The zero-order valence-corrected chi connectivity index (χ0v) is 8.33. The van der Waals surface area contributed by atoms with Crippen molar-refractivity contribution in [1.29, 1.82) is 0 Å². The Labute approximate surface area is 74.3 Å². The van der Waals surface area contributed by atoms with Gasteiger partial charge in [-0.15, -0.1) is 0 Å². The normalized spacial score (nSPS) is 42.1. The van der Waals surface area contributed by atoms with Gasteiger partial charge in [0.1, 0.15) is 6.29 Å². The van der Waals surface area contributed by atoms with Crippen LogP contribution in [0.3, 0.4) is 0 Å². The topological polar surface area (TPSA) is 26.3 Å². The van der Waals surface area contributed by atoms with Gasteiger partial charge in [0, 0.05) is 0 Å². The molecule has 0 bridgehead atoms. The van der Waals surface area contributed by atoms with Crippen LogP contribution < -0.4 is 0 Å². The molecule has 0 aliphatic carbocycles. The molecule has 1 aliphatic rings. The summed E-state index contributed by atoms with van der Waals surface area (Å²) in [5.74, 6) is 0.370. The van der Waals surface area contributed by atoms with Gasteiger partial charge in [0.2, 0.25) is 0 Å². The number of carbonyl (C=O) groups is 1. The van der Waals surface area contributed by atoms with Crippen LogP contribution in [0.25, 0.3) is 0 Å². The first-order chi connectivity index (χ1) is 5.53. The third-order valence-electron chi connectivity index (χ3n) is 3.13. The highest BCUT2D eigenvalue weighted by atomic mass is 16.5. The maximum absolute atomic E-state index is 11.0. The van der Waals surface area contributed by atoms with Gasteiger partial charge in [-0.2, -0.15) is 0 Å². The lowest BCUT2D eigenvalue weighted by atomic mass is 9.73. The van der Waals surface area contributed by atoms with Gasteiger partial charge < -0.3 is 9.53 Å². The highest BCUT2D eigenvalue weighted by Gasteiger charge is 2.46. The Hall–Kier alpha value is -0.370. The summed E-state index contributed by atoms with van der Waals surface area (Å²) in [5, 5.41) is 0. The van der Waals surface area contributed by atoms with Crippen LogP contribution in [0.5, 0.6) is 0 Å². The van der Waals surface area contributed by atoms with E-state index in [9.17, 15) is 4.79 Å². The lowest BCUT2D eigenvalue weighted by Gasteiger charge is -2.29. The smallest absolute Gasteiger partial charge is 0.129 e. The SMILES string of the molecule is CC1CC(C=O)(C(C)C)C(C)O1. The lowest BCUT2D eigenvalue weighted by molar-refractivity contribution is -0.121. The Morgan fingerprint density at radius 2 is 2.08 bits per heavy atom. The third kappa shape index (κ3) is 1.28. The molecule has 3 unspecified atom stereocenters. The standard InChI is InChI=1S/C10H18O2/c1-7(2)10(6-11)5-8(3)12-9(10)4/h6-9H,5H2,1-4H3. The Morgan fingerprint density at radius 3 is 2.25 bits per heavy atom. The highest BCUT2D eigenvalue weighted by molar-refractivity contribution is 5.61. The van der Waals surface area contributed by atoms with Gasteiger partial charge in [-0.1, -0.05) is 13.8 Å². The van der Waals surface area contributed by atoms with E-state index in [2.05, 4.69) is 13.8 Å². The Kier molecular flexibility index (Phi) is 2.57. The molecule has 3 atom stereocenters. The highest BCUT2D eigenvalue weighted by Crippen LogP contribution is 2.42. The maximum atomic E-state index is 11.0. The van der Waals surface area contributed by atoms with Crippen molar-refractivity contribution in [2.24, 2.45) is 11.3 Å². The molecule has 1 fully saturated rings. The van der Waals surface area contributed by atoms with E-state index >= 15 is 0 Å². The van der Waals surface area contributed by atoms with Crippen molar-refractivity contribution in [3.63, 3.8) is 0 Å². The lowest BCUT2D eigenvalue weighted by Crippen LogP contribution is -2.35. The average Bonchev–Trinajstić information content (AvgIpc) is 2.26. The largest absolute Gasteiger partial charge is 0.374 e. The molecular weight excluding hydrogens is 152 g/mol. The molecule has 0 spiro atoms. The molecule has 0 N–H and O–H groups in total. The van der Waals surface area contributed by atoms with Crippen molar-refractivity contribution < 1.29 is 9.53 Å². The molecule has 0 amide bonds. The summed E-state index contributed by atoms with van der Waals surface area (Å²) in [5.41, 5.74) is -0.237. The van der Waals surface area contributed by atoms with Crippen LogP contribution in [0.2, 0.25) is 0 Å². The number of rotatable bonds is 2. The minimum Gasteiger partial charge on any atom is -0.374 e. The minimum atomic E-state index is -0.237. The molecule has 0 aromatic carbocycles. The fraction of sp³-hybridized carbons (Fsp3) is 0.900. The summed E-state index contributed by atoms with van der Waals surface area (Å²) in [4.78, 5) is 11.0. The van der Waals surface area contributed by atoms with Crippen LogP contribution >= 0.6 is 0 Å². The summed E-state index contributed by atoms with van der Waals surface area (Å²) < 4.78 is 5.60. The van der Waals surface area contributed by atoms with Crippen LogP contribution in [0.1, 0.15) is 34.1 Å².